The van der Waals surface area contributed by atoms with Gasteiger partial charge in [0.05, 0.1) is 10.9 Å². The first-order valence-electron chi connectivity index (χ1n) is 8.78. The van der Waals surface area contributed by atoms with Gasteiger partial charge >= 0.3 is 0 Å². The van der Waals surface area contributed by atoms with Crippen LogP contribution in [0.5, 0.6) is 0 Å². The van der Waals surface area contributed by atoms with Gasteiger partial charge in [-0.1, -0.05) is 18.2 Å². The van der Waals surface area contributed by atoms with E-state index in [1.54, 1.807) is 19.0 Å². The van der Waals surface area contributed by atoms with Gasteiger partial charge < -0.3 is 19.5 Å². The van der Waals surface area contributed by atoms with Crippen molar-refractivity contribution in [1.29, 1.82) is 0 Å². The highest BCUT2D eigenvalue weighted by Crippen LogP contribution is 2.46. The number of thioether (sulfide) groups is 1. The number of carbonyl (C=O) groups is 2. The third kappa shape index (κ3) is 3.21. The summed E-state index contributed by atoms with van der Waals surface area (Å²) < 4.78 is 5.85. The Morgan fingerprint density at radius 3 is 2.85 bits per heavy atom. The normalized spacial score (nSPS) is 21.2. The van der Waals surface area contributed by atoms with Crippen LogP contribution in [0.15, 0.2) is 30.3 Å². The molecule has 1 aromatic carbocycles. The predicted molar refractivity (Wildman–Crippen MR) is 102 cm³/mol. The molecule has 2 aliphatic heterocycles. The number of rotatable bonds is 4. The van der Waals surface area contributed by atoms with Gasteiger partial charge in [0.25, 0.3) is 5.91 Å². The van der Waals surface area contributed by atoms with Crippen molar-refractivity contribution in [3.63, 3.8) is 0 Å². The van der Waals surface area contributed by atoms with E-state index < -0.39 is 0 Å². The van der Waals surface area contributed by atoms with Crippen LogP contribution < -0.4 is 0 Å². The number of benzene rings is 1. The van der Waals surface area contributed by atoms with Crippen LogP contribution in [0.1, 0.15) is 16.9 Å². The fourth-order valence-electron chi connectivity index (χ4n) is 3.60. The van der Waals surface area contributed by atoms with E-state index in [0.717, 1.165) is 36.2 Å². The average Bonchev–Trinajstić information content (AvgIpc) is 3.21. The number of likely N-dealkylation sites (tertiary alicyclic amines) is 1. The van der Waals surface area contributed by atoms with Crippen LogP contribution in [0.4, 0.5) is 0 Å². The van der Waals surface area contributed by atoms with Gasteiger partial charge in [-0.3, -0.25) is 9.59 Å². The number of hydrogen-bond donors (Lipinski definition) is 1. The summed E-state index contributed by atoms with van der Waals surface area (Å²) in [7, 11) is 3.46. The molecule has 2 aliphatic rings. The molecule has 3 heterocycles. The molecule has 4 rings (SSSR count). The molecule has 6 nitrogen and oxygen atoms in total. The number of H-pyrrole nitrogens is 1. The second-order valence-corrected chi connectivity index (χ2v) is 8.84. The minimum Gasteiger partial charge on any atom is -0.367 e. The maximum atomic E-state index is 12.7. The first-order valence-corrected chi connectivity index (χ1v) is 9.77. The highest BCUT2D eigenvalue weighted by molar-refractivity contribution is 8.01. The summed E-state index contributed by atoms with van der Waals surface area (Å²) >= 11 is 1.87. The molecule has 0 radical (unpaired) electrons. The zero-order valence-corrected chi connectivity index (χ0v) is 15.8. The van der Waals surface area contributed by atoms with Crippen LogP contribution in [0.3, 0.4) is 0 Å². The summed E-state index contributed by atoms with van der Waals surface area (Å²) in [6.07, 6.45) is 0.990. The molecule has 0 unspecified atom stereocenters. The summed E-state index contributed by atoms with van der Waals surface area (Å²) in [4.78, 5) is 31.0. The van der Waals surface area contributed by atoms with Crippen LogP contribution in [0.25, 0.3) is 10.9 Å². The molecule has 1 atom stereocenters. The Balaban J connectivity index is 1.32. The van der Waals surface area contributed by atoms with Crippen molar-refractivity contribution < 1.29 is 14.3 Å². The highest BCUT2D eigenvalue weighted by Gasteiger charge is 2.51. The van der Waals surface area contributed by atoms with Gasteiger partial charge in [-0.25, -0.2) is 0 Å². The Labute approximate surface area is 156 Å². The second-order valence-electron chi connectivity index (χ2n) is 7.35. The number of amides is 2. The maximum Gasteiger partial charge on any atom is 0.270 e. The number of aromatic amines is 1. The number of aromatic nitrogens is 1. The zero-order valence-electron chi connectivity index (χ0n) is 15.0. The summed E-state index contributed by atoms with van der Waals surface area (Å²) in [6.45, 7) is 1.62. The predicted octanol–water partition coefficient (Wildman–Crippen LogP) is 1.97. The first-order chi connectivity index (χ1) is 12.5. The van der Waals surface area contributed by atoms with Gasteiger partial charge in [-0.15, -0.1) is 11.8 Å². The lowest BCUT2D eigenvalue weighted by molar-refractivity contribution is -0.135. The lowest BCUT2D eigenvalue weighted by Gasteiger charge is -2.47. The van der Waals surface area contributed by atoms with Gasteiger partial charge in [0.2, 0.25) is 5.91 Å². The summed E-state index contributed by atoms with van der Waals surface area (Å²) in [6, 6.07) is 9.84. The molecule has 2 amide bonds. The highest BCUT2D eigenvalue weighted by atomic mass is 32.2. The van der Waals surface area contributed by atoms with Crippen molar-refractivity contribution in [2.24, 2.45) is 0 Å². The van der Waals surface area contributed by atoms with E-state index in [1.807, 2.05) is 47.0 Å². The molecule has 0 bridgehead atoms. The Bertz CT molecular complexity index is 808. The molecule has 2 aromatic rings. The van der Waals surface area contributed by atoms with E-state index in [9.17, 15) is 9.59 Å². The van der Waals surface area contributed by atoms with Crippen LogP contribution >= 0.6 is 11.8 Å². The lowest BCUT2D eigenvalue weighted by Crippen LogP contribution is -2.60. The van der Waals surface area contributed by atoms with Gasteiger partial charge in [-0.05, 0) is 18.6 Å². The van der Waals surface area contributed by atoms with Gasteiger partial charge in [0.1, 0.15) is 12.3 Å². The van der Waals surface area contributed by atoms with E-state index in [-0.39, 0.29) is 29.3 Å². The average molecular weight is 373 g/mol. The molecule has 0 aliphatic carbocycles. The van der Waals surface area contributed by atoms with Crippen LogP contribution in [0, 0.1) is 0 Å². The van der Waals surface area contributed by atoms with E-state index in [2.05, 4.69) is 4.98 Å². The largest absolute Gasteiger partial charge is 0.367 e. The van der Waals surface area contributed by atoms with Crippen molar-refractivity contribution in [3.05, 3.63) is 36.0 Å². The van der Waals surface area contributed by atoms with E-state index in [4.69, 9.17) is 4.74 Å². The number of nitrogens with zero attached hydrogens (tertiary/aromatic N) is 2. The van der Waals surface area contributed by atoms with Crippen molar-refractivity contribution in [2.45, 2.75) is 17.3 Å². The molecular formula is C19H23N3O3S. The standard InChI is InChI=1S/C19H23N3O3S/c1-21(2)17(23)9-25-14-8-19(26-10-14)11-22(12-19)18(24)16-7-13-5-3-4-6-15(13)20-16/h3-7,14,20H,8-12H2,1-2H3/t14-/m0/s1. The van der Waals surface area contributed by atoms with Gasteiger partial charge in [0.15, 0.2) is 0 Å². The topological polar surface area (TPSA) is 65.6 Å². The second kappa shape index (κ2) is 6.63. The molecule has 26 heavy (non-hydrogen) atoms. The summed E-state index contributed by atoms with van der Waals surface area (Å²) in [5.41, 5.74) is 1.63. The molecule has 1 aromatic heterocycles. The fourth-order valence-corrected chi connectivity index (χ4v) is 5.15. The summed E-state index contributed by atoms with van der Waals surface area (Å²) in [5, 5.41) is 1.06. The summed E-state index contributed by atoms with van der Waals surface area (Å²) in [5.74, 6) is 0.925. The minimum atomic E-state index is -0.0137. The van der Waals surface area contributed by atoms with Crippen LogP contribution in [0.2, 0.25) is 0 Å². The van der Waals surface area contributed by atoms with E-state index in [1.165, 1.54) is 0 Å². The molecule has 1 N–H and O–H groups in total. The molecule has 0 saturated carbocycles. The Morgan fingerprint density at radius 2 is 2.12 bits per heavy atom. The quantitative estimate of drug-likeness (QED) is 0.890. The number of hydrogen-bond acceptors (Lipinski definition) is 4. The first kappa shape index (κ1) is 17.4. The Morgan fingerprint density at radius 1 is 1.35 bits per heavy atom. The van der Waals surface area contributed by atoms with E-state index in [0.29, 0.717) is 5.69 Å². The fraction of sp³-hybridized carbons (Fsp3) is 0.474. The number of fused-ring (bicyclic) bond motifs is 1. The number of carbonyl (C=O) groups excluding carboxylic acids is 2. The molecule has 1 spiro atoms. The Hall–Kier alpha value is -1.99. The van der Waals surface area contributed by atoms with Crippen LogP contribution in [-0.4, -0.2) is 77.0 Å². The SMILES string of the molecule is CN(C)C(=O)CO[C@@H]1CSC2(C1)CN(C(=O)c1cc3ccccc3[nH]1)C2. The Kier molecular flexibility index (Phi) is 4.44. The van der Waals surface area contributed by atoms with Gasteiger partial charge in [0, 0.05) is 43.8 Å². The van der Waals surface area contributed by atoms with Crippen molar-refractivity contribution in [2.75, 3.05) is 39.5 Å². The molecule has 7 heteroatoms. The van der Waals surface area contributed by atoms with Crippen molar-refractivity contribution >= 4 is 34.5 Å². The smallest absolute Gasteiger partial charge is 0.270 e. The number of ether oxygens (including phenoxy) is 1. The number of para-hydroxylation sites is 1. The number of nitrogens with one attached hydrogen (secondary N) is 1. The van der Waals surface area contributed by atoms with Crippen molar-refractivity contribution in [1.82, 2.24) is 14.8 Å². The van der Waals surface area contributed by atoms with Gasteiger partial charge in [-0.2, -0.15) is 0 Å². The molecular weight excluding hydrogens is 350 g/mol. The van der Waals surface area contributed by atoms with Crippen LogP contribution in [-0.2, 0) is 9.53 Å². The van der Waals surface area contributed by atoms with Crippen molar-refractivity contribution in [3.8, 4) is 0 Å². The monoisotopic (exact) mass is 373 g/mol. The third-order valence-corrected chi connectivity index (χ3v) is 6.70. The van der Waals surface area contributed by atoms with E-state index >= 15 is 0 Å². The maximum absolute atomic E-state index is 12.7. The number of likely N-dealkylation sites (N-methyl/N-ethyl adjacent to an activating group) is 1. The molecule has 138 valence electrons. The zero-order chi connectivity index (χ0) is 18.3. The lowest BCUT2D eigenvalue weighted by atomic mass is 9.92. The third-order valence-electron chi connectivity index (χ3n) is 5.12. The molecule has 2 fully saturated rings. The molecule has 2 saturated heterocycles. The minimum absolute atomic E-state index is 0.0137.